The van der Waals surface area contributed by atoms with Crippen LogP contribution < -0.4 is 16.8 Å². The molecule has 7 nitrogen and oxygen atoms in total. The van der Waals surface area contributed by atoms with E-state index in [0.29, 0.717) is 11.3 Å². The minimum atomic E-state index is -0.992. The van der Waals surface area contributed by atoms with Crippen LogP contribution in [0.5, 0.6) is 0 Å². The van der Waals surface area contributed by atoms with E-state index in [1.807, 2.05) is 0 Å². The van der Waals surface area contributed by atoms with Crippen LogP contribution in [-0.2, 0) is 13.0 Å². The summed E-state index contributed by atoms with van der Waals surface area (Å²) < 4.78 is 27.0. The average molecular weight is 397 g/mol. The van der Waals surface area contributed by atoms with E-state index in [2.05, 4.69) is 15.3 Å². The molecule has 0 radical (unpaired) electrons. The third-order valence-electron chi connectivity index (χ3n) is 4.13. The molecular weight excluding hydrogens is 380 g/mol. The Balaban J connectivity index is 1.72. The van der Waals surface area contributed by atoms with Gasteiger partial charge in [-0.3, -0.25) is 9.59 Å². The van der Waals surface area contributed by atoms with Gasteiger partial charge in [0.1, 0.15) is 0 Å². The third kappa shape index (κ3) is 4.70. The highest BCUT2D eigenvalue weighted by Crippen LogP contribution is 2.14. The monoisotopic (exact) mass is 397 g/mol. The minimum absolute atomic E-state index is 0.0469. The number of benzene rings is 2. The van der Waals surface area contributed by atoms with Crippen molar-refractivity contribution in [2.24, 2.45) is 5.73 Å². The number of carbonyl (C=O) groups is 2. The first kappa shape index (κ1) is 19.9. The first-order valence-electron chi connectivity index (χ1n) is 8.56. The number of nitrogens with two attached hydrogens (primary N) is 2. The number of primary amides is 1. The number of hydrogen-bond acceptors (Lipinski definition) is 5. The van der Waals surface area contributed by atoms with Crippen molar-refractivity contribution in [2.45, 2.75) is 13.0 Å². The predicted octanol–water partition coefficient (Wildman–Crippen LogP) is 1.96. The number of carbonyl (C=O) groups excluding carboxylic acids is 2. The van der Waals surface area contributed by atoms with E-state index in [1.54, 1.807) is 24.3 Å². The summed E-state index contributed by atoms with van der Waals surface area (Å²) in [5.41, 5.74) is 12.2. The van der Waals surface area contributed by atoms with E-state index in [4.69, 9.17) is 11.5 Å². The number of anilines is 1. The minimum Gasteiger partial charge on any atom is -0.382 e. The molecule has 0 spiro atoms. The van der Waals surface area contributed by atoms with Crippen molar-refractivity contribution in [3.8, 4) is 0 Å². The standard InChI is InChI=1S/C20H17F2N5O2/c21-15-6-2-5-13(16(15)22)9-26-20(29)12-4-1-3-11(7-12)8-14-10-25-18(23)17(27-14)19(24)28/h1-7,10H,8-9H2,(H2,23,25)(H2,24,28)(H,26,29). The molecule has 1 heterocycles. The van der Waals surface area contributed by atoms with Gasteiger partial charge in [0.05, 0.1) is 11.9 Å². The highest BCUT2D eigenvalue weighted by Gasteiger charge is 2.13. The molecule has 0 saturated heterocycles. The molecule has 0 saturated carbocycles. The molecule has 0 fully saturated rings. The highest BCUT2D eigenvalue weighted by atomic mass is 19.2. The Morgan fingerprint density at radius 2 is 1.86 bits per heavy atom. The molecular formula is C20H17F2N5O2. The van der Waals surface area contributed by atoms with E-state index >= 15 is 0 Å². The number of nitrogen functional groups attached to an aromatic ring is 1. The van der Waals surface area contributed by atoms with Gasteiger partial charge in [-0.1, -0.05) is 24.3 Å². The largest absolute Gasteiger partial charge is 0.382 e. The Bertz CT molecular complexity index is 1090. The van der Waals surface area contributed by atoms with Gasteiger partial charge in [-0.05, 0) is 23.8 Å². The first-order chi connectivity index (χ1) is 13.8. The summed E-state index contributed by atoms with van der Waals surface area (Å²) in [6, 6.07) is 10.4. The van der Waals surface area contributed by atoms with Crippen LogP contribution >= 0.6 is 0 Å². The van der Waals surface area contributed by atoms with Gasteiger partial charge >= 0.3 is 0 Å². The fourth-order valence-electron chi connectivity index (χ4n) is 2.70. The van der Waals surface area contributed by atoms with Gasteiger partial charge in [0.25, 0.3) is 11.8 Å². The fourth-order valence-corrected chi connectivity index (χ4v) is 2.70. The molecule has 3 aromatic rings. The summed E-state index contributed by atoms with van der Waals surface area (Å²) >= 11 is 0. The smallest absolute Gasteiger partial charge is 0.271 e. The van der Waals surface area contributed by atoms with E-state index in [0.717, 1.165) is 11.6 Å². The van der Waals surface area contributed by atoms with Crippen LogP contribution in [0.1, 0.15) is 37.7 Å². The van der Waals surface area contributed by atoms with Gasteiger partial charge in [-0.2, -0.15) is 0 Å². The van der Waals surface area contributed by atoms with Crippen molar-refractivity contribution in [1.29, 1.82) is 0 Å². The molecule has 29 heavy (non-hydrogen) atoms. The van der Waals surface area contributed by atoms with Gasteiger partial charge in [0, 0.05) is 24.1 Å². The fraction of sp³-hybridized carbons (Fsp3) is 0.100. The van der Waals surface area contributed by atoms with Crippen LogP contribution in [0.3, 0.4) is 0 Å². The number of nitrogens with zero attached hydrogens (tertiary/aromatic N) is 2. The summed E-state index contributed by atoms with van der Waals surface area (Å²) in [6.07, 6.45) is 1.70. The van der Waals surface area contributed by atoms with Crippen molar-refractivity contribution >= 4 is 17.6 Å². The van der Waals surface area contributed by atoms with Crippen molar-refractivity contribution < 1.29 is 18.4 Å². The van der Waals surface area contributed by atoms with Crippen LogP contribution in [0.4, 0.5) is 14.6 Å². The maximum atomic E-state index is 13.7. The maximum absolute atomic E-state index is 13.7. The van der Waals surface area contributed by atoms with E-state index < -0.39 is 23.4 Å². The first-order valence-corrected chi connectivity index (χ1v) is 8.56. The van der Waals surface area contributed by atoms with Crippen LogP contribution in [-0.4, -0.2) is 21.8 Å². The summed E-state index contributed by atoms with van der Waals surface area (Å²) in [5.74, 6) is -3.25. The lowest BCUT2D eigenvalue weighted by molar-refractivity contribution is 0.0949. The SMILES string of the molecule is NC(=O)c1nc(Cc2cccc(C(=O)NCc3cccc(F)c3F)c2)cnc1N. The van der Waals surface area contributed by atoms with Gasteiger partial charge in [0.15, 0.2) is 23.1 Å². The van der Waals surface area contributed by atoms with Gasteiger partial charge in [-0.25, -0.2) is 18.7 Å². The molecule has 148 valence electrons. The Hall–Kier alpha value is -3.88. The number of rotatable bonds is 6. The molecule has 0 aliphatic heterocycles. The molecule has 3 rings (SSSR count). The van der Waals surface area contributed by atoms with E-state index in [1.165, 1.54) is 18.3 Å². The second-order valence-corrected chi connectivity index (χ2v) is 6.23. The Morgan fingerprint density at radius 3 is 2.62 bits per heavy atom. The lowest BCUT2D eigenvalue weighted by Gasteiger charge is -2.09. The van der Waals surface area contributed by atoms with Crippen molar-refractivity contribution in [3.05, 3.63) is 88.4 Å². The second-order valence-electron chi connectivity index (χ2n) is 6.23. The molecule has 9 heteroatoms. The lowest BCUT2D eigenvalue weighted by atomic mass is 10.1. The van der Waals surface area contributed by atoms with Gasteiger partial charge in [0.2, 0.25) is 0 Å². The molecule has 2 aromatic carbocycles. The Morgan fingerprint density at radius 1 is 1.10 bits per heavy atom. The summed E-state index contributed by atoms with van der Waals surface area (Å²) in [6.45, 7) is -0.155. The zero-order valence-corrected chi connectivity index (χ0v) is 15.2. The van der Waals surface area contributed by atoms with E-state index in [-0.39, 0.29) is 30.0 Å². The molecule has 0 aliphatic rings. The quantitative estimate of drug-likeness (QED) is 0.587. The number of hydrogen-bond donors (Lipinski definition) is 3. The third-order valence-corrected chi connectivity index (χ3v) is 4.13. The lowest BCUT2D eigenvalue weighted by Crippen LogP contribution is -2.23. The van der Waals surface area contributed by atoms with Gasteiger partial charge < -0.3 is 16.8 Å². The molecule has 0 bridgehead atoms. The maximum Gasteiger partial charge on any atom is 0.271 e. The summed E-state index contributed by atoms with van der Waals surface area (Å²) in [4.78, 5) is 31.7. The molecule has 0 aliphatic carbocycles. The topological polar surface area (TPSA) is 124 Å². The second kappa shape index (κ2) is 8.42. The van der Waals surface area contributed by atoms with E-state index in [9.17, 15) is 18.4 Å². The molecule has 0 atom stereocenters. The average Bonchev–Trinajstić information content (AvgIpc) is 2.70. The number of halogens is 2. The zero-order valence-electron chi connectivity index (χ0n) is 15.2. The predicted molar refractivity (Wildman–Crippen MR) is 102 cm³/mol. The van der Waals surface area contributed by atoms with Crippen LogP contribution in [0.2, 0.25) is 0 Å². The number of nitrogens with one attached hydrogen (secondary N) is 1. The summed E-state index contributed by atoms with van der Waals surface area (Å²) in [7, 11) is 0. The van der Waals surface area contributed by atoms with Gasteiger partial charge in [-0.15, -0.1) is 0 Å². The molecule has 1 aromatic heterocycles. The number of amides is 2. The molecule has 2 amide bonds. The van der Waals surface area contributed by atoms with Crippen LogP contribution in [0.15, 0.2) is 48.7 Å². The van der Waals surface area contributed by atoms with Crippen LogP contribution in [0, 0.1) is 11.6 Å². The van der Waals surface area contributed by atoms with Crippen molar-refractivity contribution in [1.82, 2.24) is 15.3 Å². The van der Waals surface area contributed by atoms with Crippen molar-refractivity contribution in [3.63, 3.8) is 0 Å². The molecule has 0 unspecified atom stereocenters. The Kier molecular flexibility index (Phi) is 5.77. The Labute approximate surface area is 164 Å². The normalized spacial score (nSPS) is 10.6. The molecule has 5 N–H and O–H groups in total. The summed E-state index contributed by atoms with van der Waals surface area (Å²) in [5, 5.41) is 2.55. The zero-order chi connectivity index (χ0) is 21.0. The highest BCUT2D eigenvalue weighted by molar-refractivity contribution is 5.95. The van der Waals surface area contributed by atoms with Crippen LogP contribution in [0.25, 0.3) is 0 Å². The number of aromatic nitrogens is 2. The van der Waals surface area contributed by atoms with Crippen molar-refractivity contribution in [2.75, 3.05) is 5.73 Å².